The van der Waals surface area contributed by atoms with Gasteiger partial charge < -0.3 is 34.6 Å². The molecule has 20 nitrogen and oxygen atoms in total. The Kier molecular flexibility index (Phi) is 26.3. The van der Waals surface area contributed by atoms with Gasteiger partial charge in [0.05, 0.1) is 94.4 Å². The summed E-state index contributed by atoms with van der Waals surface area (Å²) in [5.74, 6) is 0.918. The van der Waals surface area contributed by atoms with Crippen molar-refractivity contribution in [1.29, 1.82) is 0 Å². The third-order valence-corrected chi connectivity index (χ3v) is 15.0. The monoisotopic (exact) mass is 1550 g/mol. The molecule has 0 radical (unpaired) electrons. The van der Waals surface area contributed by atoms with E-state index in [-0.39, 0.29) is 6.09 Å². The van der Waals surface area contributed by atoms with E-state index in [0.717, 1.165) is 84.7 Å². The molecule has 91 heavy (non-hydrogen) atoms. The summed E-state index contributed by atoms with van der Waals surface area (Å²) < 4.78 is 20.7. The zero-order valence-electron chi connectivity index (χ0n) is 53.0. The molecular formula is C66H73Br5N16O4. The first-order valence-electron chi connectivity index (χ1n) is 28.1. The Labute approximate surface area is 571 Å². The van der Waals surface area contributed by atoms with Gasteiger partial charge in [0.1, 0.15) is 40.0 Å². The predicted molar refractivity (Wildman–Crippen MR) is 385 cm³/mol. The van der Waals surface area contributed by atoms with Gasteiger partial charge in [0.25, 0.3) is 0 Å². The van der Waals surface area contributed by atoms with Gasteiger partial charge in [0, 0.05) is 86.9 Å². The second kappa shape index (κ2) is 33.3. The van der Waals surface area contributed by atoms with Crippen LogP contribution in [-0.2, 0) is 23.6 Å². The van der Waals surface area contributed by atoms with Gasteiger partial charge in [-0.3, -0.25) is 24.8 Å². The van der Waals surface area contributed by atoms with Gasteiger partial charge in [-0.1, -0.05) is 0 Å². The number of carbonyl (C=O) groups is 2. The number of fused-ring (bicyclic) bond motifs is 4. The van der Waals surface area contributed by atoms with Gasteiger partial charge in [-0.15, -0.1) is 0 Å². The first-order valence-corrected chi connectivity index (χ1v) is 32.1. The van der Waals surface area contributed by atoms with Crippen molar-refractivity contribution in [1.82, 2.24) is 58.6 Å². The van der Waals surface area contributed by atoms with Crippen LogP contribution in [0.15, 0.2) is 183 Å². The number of halogens is 5. The fourth-order valence-electron chi connectivity index (χ4n) is 8.16. The second-order valence-electron chi connectivity index (χ2n) is 22.3. The summed E-state index contributed by atoms with van der Waals surface area (Å²) in [6.07, 6.45) is 24.9. The molecule has 12 rings (SSSR count). The third-order valence-electron chi connectivity index (χ3n) is 12.9. The fourth-order valence-corrected chi connectivity index (χ4v) is 10.3. The van der Waals surface area contributed by atoms with E-state index < -0.39 is 17.3 Å². The van der Waals surface area contributed by atoms with Crippen molar-refractivity contribution in [3.05, 3.63) is 205 Å². The number of aromatic amines is 1. The SMILES string of the molecule is CNc1cnc(Br)cc1C.Cc1cc(Br)ncc1N.Cc1cc(Br)ncc1N(C)C(=O)OC(C)(C)C.Cc1cc(Br)ncc1NC(=O)OC(C)(C)C.Cn1ccc2cc(-n3ccc4ccncc43)ncc21.Cn1ccc2cc(Br)ncc21.c1cc2cc[nH]c2cn1. The molecule has 0 unspecified atom stereocenters. The largest absolute Gasteiger partial charge is 0.444 e. The maximum atomic E-state index is 11.9. The van der Waals surface area contributed by atoms with Crippen molar-refractivity contribution in [2.24, 2.45) is 14.1 Å². The highest BCUT2D eigenvalue weighted by Crippen LogP contribution is 2.25. The molecule has 0 saturated carbocycles. The number of amides is 2. The Morgan fingerprint density at radius 3 is 1.58 bits per heavy atom. The Hall–Kier alpha value is -8.10. The smallest absolute Gasteiger partial charge is 0.414 e. The number of carbonyl (C=O) groups excluding carboxylic acids is 2. The summed E-state index contributed by atoms with van der Waals surface area (Å²) in [5, 5.41) is 10.5. The lowest BCUT2D eigenvalue weighted by Gasteiger charge is -2.25. The fraction of sp³-hybridized carbons (Fsp3) is 0.242. The van der Waals surface area contributed by atoms with Crippen molar-refractivity contribution in [2.45, 2.75) is 80.4 Å². The highest BCUT2D eigenvalue weighted by molar-refractivity contribution is 9.11. The Bertz CT molecular complexity index is 4350. The van der Waals surface area contributed by atoms with Crippen molar-refractivity contribution in [3.8, 4) is 5.82 Å². The lowest BCUT2D eigenvalue weighted by atomic mass is 10.2. The number of aromatic nitrogens is 12. The number of anilines is 4. The van der Waals surface area contributed by atoms with Crippen molar-refractivity contribution < 1.29 is 19.1 Å². The average Bonchev–Trinajstić information content (AvgIpc) is 1.70. The summed E-state index contributed by atoms with van der Waals surface area (Å²) in [7, 11) is 7.60. The number of aryl methyl sites for hydroxylation is 6. The number of nitrogens with one attached hydrogen (secondary N) is 3. The Morgan fingerprint density at radius 2 is 1.03 bits per heavy atom. The van der Waals surface area contributed by atoms with E-state index in [1.165, 1.54) is 32.0 Å². The van der Waals surface area contributed by atoms with Crippen molar-refractivity contribution >= 4 is 158 Å². The van der Waals surface area contributed by atoms with Crippen LogP contribution in [0.25, 0.3) is 49.4 Å². The molecular weight excluding hydrogens is 1480 g/mol. The molecule has 0 bridgehead atoms. The number of nitrogens with two attached hydrogens (primary N) is 1. The van der Waals surface area contributed by atoms with Crippen LogP contribution < -0.4 is 21.3 Å². The van der Waals surface area contributed by atoms with Crippen LogP contribution in [0.1, 0.15) is 63.8 Å². The van der Waals surface area contributed by atoms with E-state index >= 15 is 0 Å². The molecule has 12 aromatic heterocycles. The maximum absolute atomic E-state index is 11.9. The van der Waals surface area contributed by atoms with Crippen LogP contribution in [0, 0.1) is 27.7 Å². The topological polar surface area (TPSA) is 240 Å². The molecule has 0 aliphatic rings. The van der Waals surface area contributed by atoms with Crippen molar-refractivity contribution in [2.75, 3.05) is 35.4 Å². The van der Waals surface area contributed by atoms with E-state index in [1.807, 2.05) is 188 Å². The molecule has 0 fully saturated rings. The number of rotatable bonds is 4. The molecule has 5 N–H and O–H groups in total. The number of pyridine rings is 8. The minimum absolute atomic E-state index is 0.385. The lowest BCUT2D eigenvalue weighted by Crippen LogP contribution is -2.34. The van der Waals surface area contributed by atoms with Crippen molar-refractivity contribution in [3.63, 3.8) is 0 Å². The zero-order valence-corrected chi connectivity index (χ0v) is 60.9. The molecule has 0 aliphatic carbocycles. The van der Waals surface area contributed by atoms with E-state index in [0.29, 0.717) is 5.69 Å². The number of nitrogen functional groups attached to an aromatic ring is 1. The van der Waals surface area contributed by atoms with Gasteiger partial charge >= 0.3 is 12.2 Å². The van der Waals surface area contributed by atoms with Crippen LogP contribution >= 0.6 is 79.6 Å². The number of hydrogen-bond donors (Lipinski definition) is 4. The third kappa shape index (κ3) is 22.4. The first-order chi connectivity index (χ1) is 43.0. The zero-order chi connectivity index (χ0) is 66.7. The maximum Gasteiger partial charge on any atom is 0.414 e. The molecule has 0 saturated heterocycles. The number of hydrogen-bond acceptors (Lipinski definition) is 14. The van der Waals surface area contributed by atoms with E-state index in [4.69, 9.17) is 15.2 Å². The molecule has 0 aromatic carbocycles. The summed E-state index contributed by atoms with van der Waals surface area (Å²) in [4.78, 5) is 60.8. The summed E-state index contributed by atoms with van der Waals surface area (Å²) in [6, 6.07) is 23.9. The molecule has 0 atom stereocenters. The van der Waals surface area contributed by atoms with Crippen LogP contribution in [0.4, 0.5) is 32.3 Å². The molecule has 0 spiro atoms. The molecule has 12 heterocycles. The quantitative estimate of drug-likeness (QED) is 0.120. The molecule has 12 aromatic rings. The van der Waals surface area contributed by atoms with Crippen LogP contribution in [0.2, 0.25) is 0 Å². The van der Waals surface area contributed by atoms with E-state index in [9.17, 15) is 9.59 Å². The van der Waals surface area contributed by atoms with Gasteiger partial charge in [0.2, 0.25) is 0 Å². The van der Waals surface area contributed by atoms with Gasteiger partial charge in [-0.25, -0.2) is 39.5 Å². The normalized spacial score (nSPS) is 10.7. The van der Waals surface area contributed by atoms with Crippen LogP contribution in [-0.4, -0.2) is 96.0 Å². The summed E-state index contributed by atoms with van der Waals surface area (Å²) in [5.41, 5.74) is 16.3. The molecule has 0 aliphatic heterocycles. The van der Waals surface area contributed by atoms with Gasteiger partial charge in [-0.05, 0) is 244 Å². The van der Waals surface area contributed by atoms with E-state index in [1.54, 1.807) is 44.2 Å². The lowest BCUT2D eigenvalue weighted by molar-refractivity contribution is 0.0586. The standard InChI is InChI=1S/C15H12N4.C12H17BrN2O2.C11H15BrN2O2.C8H7BrN2.C7H9BrN2.C7H6N2.C6H7BrN2/c1-18-6-3-12-8-15(17-10-13(12)18)19-7-4-11-2-5-16-9-14(11)19;1-8-6-10(13)14-7-9(8)15(5)11(16)17-12(2,3)4;1-7-5-9(12)13-6-8(7)14-10(15)16-11(2,3)4;1-11-3-2-6-4-8(9)10-5-7(6)11;1-5-3-7(8)10-4-6(5)9-2;1-3-8-5-7-6(1)2-4-9-7;1-4-2-6(7)9-3-5(4)8/h2-10H,1H3;6-7H,1-5H3;5-6H,1-4H3,(H,14,15);2-5H,1H3;3-4,9H,1-2H3;1-5,9H;2-3H,8H2,1H3. The van der Waals surface area contributed by atoms with Gasteiger partial charge in [-0.2, -0.15) is 0 Å². The predicted octanol–water partition coefficient (Wildman–Crippen LogP) is 17.8. The first kappa shape index (κ1) is 72.0. The van der Waals surface area contributed by atoms with Crippen LogP contribution in [0.3, 0.4) is 0 Å². The summed E-state index contributed by atoms with van der Waals surface area (Å²) in [6.45, 7) is 18.8. The highest BCUT2D eigenvalue weighted by atomic mass is 79.9. The minimum atomic E-state index is -0.499. The summed E-state index contributed by atoms with van der Waals surface area (Å²) >= 11 is 16.4. The number of ether oxygens (including phenoxy) is 2. The van der Waals surface area contributed by atoms with E-state index in [2.05, 4.69) is 173 Å². The highest BCUT2D eigenvalue weighted by Gasteiger charge is 2.22. The molecule has 25 heteroatoms. The minimum Gasteiger partial charge on any atom is -0.444 e. The number of nitrogens with zero attached hydrogens (tertiary/aromatic N) is 12. The van der Waals surface area contributed by atoms with Crippen LogP contribution in [0.5, 0.6) is 0 Å². The van der Waals surface area contributed by atoms with Gasteiger partial charge in [0.15, 0.2) is 0 Å². The number of H-pyrrole nitrogens is 1. The average molecular weight is 1550 g/mol. The Morgan fingerprint density at radius 1 is 0.538 bits per heavy atom. The second-order valence-corrected chi connectivity index (χ2v) is 26.4. The molecule has 476 valence electrons. The molecule has 2 amide bonds. The Balaban J connectivity index is 0.000000172.